The zero-order chi connectivity index (χ0) is 15.4. The van der Waals surface area contributed by atoms with Crippen LogP contribution < -0.4 is 10.5 Å². The lowest BCUT2D eigenvalue weighted by molar-refractivity contribution is 0.0782. The zero-order valence-corrected chi connectivity index (χ0v) is 13.6. The molecule has 5 heteroatoms. The number of anilines is 1. The molecule has 2 rings (SSSR count). The number of carbonyl (C=O) groups excluding carboxylic acids is 1. The van der Waals surface area contributed by atoms with Crippen molar-refractivity contribution in [2.24, 2.45) is 0 Å². The third kappa shape index (κ3) is 3.55. The number of halogens is 1. The molecule has 0 saturated carbocycles. The van der Waals surface area contributed by atoms with E-state index in [1.165, 1.54) is 0 Å². The summed E-state index contributed by atoms with van der Waals surface area (Å²) >= 11 is 3.37. The Balaban J connectivity index is 2.22. The molecule has 0 aliphatic heterocycles. The number of ether oxygens (including phenoxy) is 1. The summed E-state index contributed by atoms with van der Waals surface area (Å²) in [5, 5.41) is 0. The average molecular weight is 349 g/mol. The van der Waals surface area contributed by atoms with Gasteiger partial charge in [0, 0.05) is 23.8 Å². The molecule has 0 aliphatic carbocycles. The molecule has 0 radical (unpaired) electrons. The summed E-state index contributed by atoms with van der Waals surface area (Å²) < 4.78 is 6.14. The maximum absolute atomic E-state index is 12.5. The Morgan fingerprint density at radius 3 is 2.67 bits per heavy atom. The molecule has 1 amide bonds. The molecule has 4 nitrogen and oxygen atoms in total. The molecular weight excluding hydrogens is 332 g/mol. The van der Waals surface area contributed by atoms with Gasteiger partial charge in [-0.25, -0.2) is 0 Å². The predicted octanol–water partition coefficient (Wildman–Crippen LogP) is 3.31. The summed E-state index contributed by atoms with van der Waals surface area (Å²) in [6.45, 7) is 0.449. The topological polar surface area (TPSA) is 55.6 Å². The zero-order valence-electron chi connectivity index (χ0n) is 12.0. The number of methoxy groups -OCH3 is 1. The van der Waals surface area contributed by atoms with E-state index in [4.69, 9.17) is 10.5 Å². The summed E-state index contributed by atoms with van der Waals surface area (Å²) in [7, 11) is 3.30. The quantitative estimate of drug-likeness (QED) is 0.862. The van der Waals surface area contributed by atoms with Gasteiger partial charge in [-0.3, -0.25) is 4.79 Å². The molecule has 110 valence electrons. The lowest BCUT2D eigenvalue weighted by Crippen LogP contribution is -2.27. The van der Waals surface area contributed by atoms with Crippen molar-refractivity contribution in [2.45, 2.75) is 6.54 Å². The number of hydrogen-bond donors (Lipinski definition) is 1. The molecule has 0 bridgehead atoms. The normalized spacial score (nSPS) is 10.2. The smallest absolute Gasteiger partial charge is 0.257 e. The van der Waals surface area contributed by atoms with Crippen LogP contribution in [0.4, 0.5) is 5.69 Å². The van der Waals surface area contributed by atoms with E-state index >= 15 is 0 Å². The van der Waals surface area contributed by atoms with Crippen LogP contribution in [0, 0.1) is 0 Å². The van der Waals surface area contributed by atoms with Gasteiger partial charge in [-0.1, -0.05) is 34.1 Å². The molecule has 0 unspecified atom stereocenters. The monoisotopic (exact) mass is 348 g/mol. The van der Waals surface area contributed by atoms with E-state index in [9.17, 15) is 4.79 Å². The maximum atomic E-state index is 12.5. The van der Waals surface area contributed by atoms with Crippen molar-refractivity contribution in [3.63, 3.8) is 0 Å². The molecule has 0 aromatic heterocycles. The second-order valence-corrected chi connectivity index (χ2v) is 5.62. The molecule has 0 heterocycles. The summed E-state index contributed by atoms with van der Waals surface area (Å²) in [4.78, 5) is 14.2. The van der Waals surface area contributed by atoms with Crippen LogP contribution in [0.1, 0.15) is 15.9 Å². The Morgan fingerprint density at radius 1 is 1.29 bits per heavy atom. The molecule has 2 N–H and O–H groups in total. The second-order valence-electron chi connectivity index (χ2n) is 4.70. The van der Waals surface area contributed by atoms with Gasteiger partial charge >= 0.3 is 0 Å². The van der Waals surface area contributed by atoms with Crippen LogP contribution >= 0.6 is 15.9 Å². The van der Waals surface area contributed by atoms with E-state index in [-0.39, 0.29) is 5.91 Å². The molecule has 2 aromatic carbocycles. The maximum Gasteiger partial charge on any atom is 0.257 e. The number of rotatable bonds is 4. The lowest BCUT2D eigenvalue weighted by atomic mass is 10.1. The van der Waals surface area contributed by atoms with E-state index < -0.39 is 0 Å². The minimum absolute atomic E-state index is 0.109. The average Bonchev–Trinajstić information content (AvgIpc) is 2.48. The molecule has 0 saturated heterocycles. The van der Waals surface area contributed by atoms with Crippen LogP contribution in [-0.4, -0.2) is 25.0 Å². The molecule has 2 aromatic rings. The summed E-state index contributed by atoms with van der Waals surface area (Å²) in [5.41, 5.74) is 8.04. The van der Waals surface area contributed by atoms with Crippen molar-refractivity contribution in [3.05, 3.63) is 58.1 Å². The van der Waals surface area contributed by atoms with Crippen LogP contribution in [0.5, 0.6) is 5.75 Å². The third-order valence-corrected chi connectivity index (χ3v) is 3.70. The van der Waals surface area contributed by atoms with Gasteiger partial charge in [0.1, 0.15) is 5.75 Å². The fourth-order valence-electron chi connectivity index (χ4n) is 2.05. The molecule has 21 heavy (non-hydrogen) atoms. The highest BCUT2D eigenvalue weighted by atomic mass is 79.9. The first-order chi connectivity index (χ1) is 10.0. The summed E-state index contributed by atoms with van der Waals surface area (Å²) in [6, 6.07) is 12.9. The highest BCUT2D eigenvalue weighted by molar-refractivity contribution is 9.10. The van der Waals surface area contributed by atoms with Crippen molar-refractivity contribution < 1.29 is 9.53 Å². The van der Waals surface area contributed by atoms with E-state index in [1.54, 1.807) is 31.2 Å². The van der Waals surface area contributed by atoms with E-state index in [1.807, 2.05) is 30.3 Å². The SMILES string of the molecule is COc1cc(Br)ccc1C(=O)N(C)Cc1ccccc1N. The molecule has 0 atom stereocenters. The number of benzene rings is 2. The molecule has 0 fully saturated rings. The van der Waals surface area contributed by atoms with Crippen LogP contribution in [0.25, 0.3) is 0 Å². The van der Waals surface area contributed by atoms with E-state index in [2.05, 4.69) is 15.9 Å². The van der Waals surface area contributed by atoms with Gasteiger partial charge in [-0.15, -0.1) is 0 Å². The van der Waals surface area contributed by atoms with Crippen molar-refractivity contribution in [3.8, 4) is 5.75 Å². The second kappa shape index (κ2) is 6.63. The molecule has 0 aliphatic rings. The van der Waals surface area contributed by atoms with Crippen molar-refractivity contribution in [1.29, 1.82) is 0 Å². The van der Waals surface area contributed by atoms with Gasteiger partial charge in [0.25, 0.3) is 5.91 Å². The highest BCUT2D eigenvalue weighted by Gasteiger charge is 2.17. The first-order valence-corrected chi connectivity index (χ1v) is 7.24. The van der Waals surface area contributed by atoms with Gasteiger partial charge in [0.15, 0.2) is 0 Å². The standard InChI is InChI=1S/C16H17BrN2O2/c1-19(10-11-5-3-4-6-14(11)18)16(20)13-8-7-12(17)9-15(13)21-2/h3-9H,10,18H2,1-2H3. The van der Waals surface area contributed by atoms with Gasteiger partial charge in [0.2, 0.25) is 0 Å². The Hall–Kier alpha value is -2.01. The van der Waals surface area contributed by atoms with Crippen molar-refractivity contribution >= 4 is 27.5 Å². The van der Waals surface area contributed by atoms with Gasteiger partial charge in [-0.2, -0.15) is 0 Å². The van der Waals surface area contributed by atoms with Gasteiger partial charge in [0.05, 0.1) is 12.7 Å². The van der Waals surface area contributed by atoms with Crippen LogP contribution in [-0.2, 0) is 6.54 Å². The number of carbonyl (C=O) groups is 1. The molecule has 0 spiro atoms. The highest BCUT2D eigenvalue weighted by Crippen LogP contribution is 2.25. The third-order valence-electron chi connectivity index (χ3n) is 3.20. The first kappa shape index (κ1) is 15.4. The van der Waals surface area contributed by atoms with Gasteiger partial charge in [-0.05, 0) is 29.8 Å². The van der Waals surface area contributed by atoms with Crippen LogP contribution in [0.3, 0.4) is 0 Å². The Kier molecular flexibility index (Phi) is 4.85. The predicted molar refractivity (Wildman–Crippen MR) is 87.3 cm³/mol. The van der Waals surface area contributed by atoms with Crippen LogP contribution in [0.2, 0.25) is 0 Å². The Morgan fingerprint density at radius 2 is 2.00 bits per heavy atom. The lowest BCUT2D eigenvalue weighted by Gasteiger charge is -2.19. The summed E-state index contributed by atoms with van der Waals surface area (Å²) in [6.07, 6.45) is 0. The number of nitrogen functional groups attached to an aromatic ring is 1. The molecular formula is C16H17BrN2O2. The number of nitrogens with two attached hydrogens (primary N) is 1. The largest absolute Gasteiger partial charge is 0.496 e. The minimum atomic E-state index is -0.109. The summed E-state index contributed by atoms with van der Waals surface area (Å²) in [5.74, 6) is 0.435. The van der Waals surface area contributed by atoms with E-state index in [0.717, 1.165) is 10.0 Å². The Bertz CT molecular complexity index is 658. The number of amides is 1. The number of nitrogens with zero attached hydrogens (tertiary/aromatic N) is 1. The van der Waals surface area contributed by atoms with Crippen molar-refractivity contribution in [1.82, 2.24) is 4.90 Å². The minimum Gasteiger partial charge on any atom is -0.496 e. The number of hydrogen-bond acceptors (Lipinski definition) is 3. The van der Waals surface area contributed by atoms with Crippen LogP contribution in [0.15, 0.2) is 46.9 Å². The fourth-order valence-corrected chi connectivity index (χ4v) is 2.39. The fraction of sp³-hybridized carbons (Fsp3) is 0.188. The van der Waals surface area contributed by atoms with Gasteiger partial charge < -0.3 is 15.4 Å². The Labute approximate surface area is 132 Å². The van der Waals surface area contributed by atoms with E-state index in [0.29, 0.717) is 23.5 Å². The number of para-hydroxylation sites is 1. The first-order valence-electron chi connectivity index (χ1n) is 6.45. The van der Waals surface area contributed by atoms with Crippen molar-refractivity contribution in [2.75, 3.05) is 19.9 Å².